The van der Waals surface area contributed by atoms with Crippen LogP contribution in [0.5, 0.6) is 0 Å². The van der Waals surface area contributed by atoms with Crippen molar-refractivity contribution in [1.29, 1.82) is 0 Å². The fraction of sp³-hybridized carbons (Fsp3) is 0. The van der Waals surface area contributed by atoms with E-state index < -0.39 is 16.6 Å². The average Bonchev–Trinajstić information content (AvgIpc) is 2.29. The molecule has 0 aromatic heterocycles. The van der Waals surface area contributed by atoms with E-state index in [2.05, 4.69) is 0 Å². The molecule has 0 aliphatic carbocycles. The van der Waals surface area contributed by atoms with E-state index in [0.717, 1.165) is 12.1 Å². The predicted molar refractivity (Wildman–Crippen MR) is 58.4 cm³/mol. The Bertz CT molecular complexity index is 567. The third-order valence-corrected chi connectivity index (χ3v) is 2.32. The lowest BCUT2D eigenvalue weighted by molar-refractivity contribution is -0.384. The first kappa shape index (κ1) is 11.2. The van der Waals surface area contributed by atoms with Crippen LogP contribution in [-0.2, 0) is 0 Å². The Hall–Kier alpha value is -2.30. The molecule has 0 saturated heterocycles. The van der Waals surface area contributed by atoms with Crippen molar-refractivity contribution in [3.63, 3.8) is 0 Å². The molecule has 0 bridgehead atoms. The second-order valence-corrected chi connectivity index (χ2v) is 3.43. The molecule has 0 unspecified atom stereocenters. The Morgan fingerprint density at radius 2 is 1.65 bits per heavy atom. The number of nitro benzene ring substituents is 1. The van der Waals surface area contributed by atoms with Gasteiger partial charge in [-0.1, -0.05) is 0 Å². The van der Waals surface area contributed by atoms with Gasteiger partial charge in [0.05, 0.1) is 4.92 Å². The van der Waals surface area contributed by atoms with Crippen molar-refractivity contribution in [3.05, 3.63) is 64.2 Å². The Morgan fingerprint density at radius 3 is 2.18 bits per heavy atom. The van der Waals surface area contributed by atoms with Gasteiger partial charge in [0, 0.05) is 23.8 Å². The Kier molecular flexibility index (Phi) is 2.82. The fourth-order valence-corrected chi connectivity index (χ4v) is 1.49. The molecular weight excluding hydrogens is 228 g/mol. The second-order valence-electron chi connectivity index (χ2n) is 3.43. The number of nitrogens with zero attached hydrogens (tertiary/aromatic N) is 1. The normalized spacial score (nSPS) is 10.2. The van der Waals surface area contributed by atoms with Crippen molar-refractivity contribution < 1.29 is 13.7 Å². The minimum absolute atomic E-state index is 0.0729. The molecule has 0 aliphatic rings. The van der Waals surface area contributed by atoms with Gasteiger partial charge in [0.2, 0.25) is 0 Å². The summed E-state index contributed by atoms with van der Waals surface area (Å²) in [6.45, 7) is 0. The molecule has 0 atom stereocenters. The maximum atomic E-state index is 13.4. The summed E-state index contributed by atoms with van der Waals surface area (Å²) in [6, 6.07) is 8.61. The first-order valence-corrected chi connectivity index (χ1v) is 4.78. The molecule has 0 heterocycles. The monoisotopic (exact) mass is 235 g/mol. The summed E-state index contributed by atoms with van der Waals surface area (Å²) >= 11 is 0. The van der Waals surface area contributed by atoms with Crippen molar-refractivity contribution in [2.24, 2.45) is 0 Å². The van der Waals surface area contributed by atoms with Crippen LogP contribution in [0.25, 0.3) is 11.1 Å². The quantitative estimate of drug-likeness (QED) is 0.590. The van der Waals surface area contributed by atoms with Gasteiger partial charge in [0.15, 0.2) is 0 Å². The van der Waals surface area contributed by atoms with E-state index in [-0.39, 0.29) is 11.3 Å². The van der Waals surface area contributed by atoms with Crippen LogP contribution in [0.15, 0.2) is 42.5 Å². The number of nitro groups is 1. The lowest BCUT2D eigenvalue weighted by Gasteiger charge is -2.03. The lowest BCUT2D eigenvalue weighted by Crippen LogP contribution is -1.89. The number of benzene rings is 2. The van der Waals surface area contributed by atoms with Crippen LogP contribution < -0.4 is 0 Å². The third-order valence-electron chi connectivity index (χ3n) is 2.32. The fourth-order valence-electron chi connectivity index (χ4n) is 1.49. The molecule has 0 aliphatic heterocycles. The predicted octanol–water partition coefficient (Wildman–Crippen LogP) is 3.54. The summed E-state index contributed by atoms with van der Waals surface area (Å²) in [4.78, 5) is 9.91. The zero-order chi connectivity index (χ0) is 12.4. The number of hydrogen-bond donors (Lipinski definition) is 0. The van der Waals surface area contributed by atoms with Crippen molar-refractivity contribution in [2.45, 2.75) is 0 Å². The first-order chi connectivity index (χ1) is 8.08. The molecule has 86 valence electrons. The molecule has 3 nitrogen and oxygen atoms in total. The molecule has 0 spiro atoms. The highest BCUT2D eigenvalue weighted by Crippen LogP contribution is 2.25. The molecule has 2 aromatic rings. The van der Waals surface area contributed by atoms with E-state index >= 15 is 0 Å². The molecule has 0 N–H and O–H groups in total. The van der Waals surface area contributed by atoms with E-state index in [1.807, 2.05) is 0 Å². The van der Waals surface area contributed by atoms with Gasteiger partial charge in [0.25, 0.3) is 5.69 Å². The van der Waals surface area contributed by atoms with Crippen LogP contribution in [0.3, 0.4) is 0 Å². The molecule has 0 radical (unpaired) electrons. The standard InChI is InChI=1S/C12H7F2NO2/c13-9-3-6-11(12(14)7-9)8-1-4-10(5-2-8)15(16)17/h1-7H. The smallest absolute Gasteiger partial charge is 0.258 e. The van der Waals surface area contributed by atoms with Crippen LogP contribution in [0.1, 0.15) is 0 Å². The van der Waals surface area contributed by atoms with Gasteiger partial charge in [-0.15, -0.1) is 0 Å². The van der Waals surface area contributed by atoms with Gasteiger partial charge in [-0.05, 0) is 29.8 Å². The van der Waals surface area contributed by atoms with E-state index in [1.165, 1.54) is 30.3 Å². The summed E-state index contributed by atoms with van der Waals surface area (Å²) < 4.78 is 26.1. The Labute approximate surface area is 95.5 Å². The highest BCUT2D eigenvalue weighted by Gasteiger charge is 2.09. The van der Waals surface area contributed by atoms with Gasteiger partial charge < -0.3 is 0 Å². The third kappa shape index (κ3) is 2.28. The van der Waals surface area contributed by atoms with E-state index in [9.17, 15) is 18.9 Å². The molecular formula is C12H7F2NO2. The second kappa shape index (κ2) is 4.29. The van der Waals surface area contributed by atoms with Gasteiger partial charge in [-0.3, -0.25) is 10.1 Å². The SMILES string of the molecule is O=[N+]([O-])c1ccc(-c2ccc(F)cc2F)cc1. The van der Waals surface area contributed by atoms with Crippen LogP contribution in [-0.4, -0.2) is 4.92 Å². The number of hydrogen-bond acceptors (Lipinski definition) is 2. The maximum Gasteiger partial charge on any atom is 0.269 e. The summed E-state index contributed by atoms with van der Waals surface area (Å²) in [5.41, 5.74) is 0.602. The molecule has 0 fully saturated rings. The molecule has 2 aromatic carbocycles. The highest BCUT2D eigenvalue weighted by molar-refractivity contribution is 5.65. The van der Waals surface area contributed by atoms with Crippen LogP contribution >= 0.6 is 0 Å². The van der Waals surface area contributed by atoms with Crippen LogP contribution in [0.4, 0.5) is 14.5 Å². The topological polar surface area (TPSA) is 43.1 Å². The largest absolute Gasteiger partial charge is 0.269 e. The summed E-state index contributed by atoms with van der Waals surface area (Å²) in [6.07, 6.45) is 0. The van der Waals surface area contributed by atoms with Crippen molar-refractivity contribution >= 4 is 5.69 Å². The maximum absolute atomic E-state index is 13.4. The van der Waals surface area contributed by atoms with E-state index in [0.29, 0.717) is 5.56 Å². The van der Waals surface area contributed by atoms with E-state index in [1.54, 1.807) is 0 Å². The Morgan fingerprint density at radius 1 is 1.00 bits per heavy atom. The van der Waals surface area contributed by atoms with Gasteiger partial charge in [0.1, 0.15) is 11.6 Å². The summed E-state index contributed by atoms with van der Waals surface area (Å²) in [5.74, 6) is -1.35. The number of rotatable bonds is 2. The first-order valence-electron chi connectivity index (χ1n) is 4.78. The van der Waals surface area contributed by atoms with Crippen molar-refractivity contribution in [3.8, 4) is 11.1 Å². The zero-order valence-corrected chi connectivity index (χ0v) is 8.56. The van der Waals surface area contributed by atoms with Gasteiger partial charge >= 0.3 is 0 Å². The van der Waals surface area contributed by atoms with Crippen molar-refractivity contribution in [1.82, 2.24) is 0 Å². The van der Waals surface area contributed by atoms with E-state index in [4.69, 9.17) is 0 Å². The van der Waals surface area contributed by atoms with Gasteiger partial charge in [-0.2, -0.15) is 0 Å². The van der Waals surface area contributed by atoms with Gasteiger partial charge in [-0.25, -0.2) is 8.78 Å². The molecule has 0 saturated carbocycles. The summed E-state index contributed by atoms with van der Waals surface area (Å²) in [7, 11) is 0. The zero-order valence-electron chi connectivity index (χ0n) is 8.56. The average molecular weight is 235 g/mol. The number of non-ortho nitro benzene ring substituents is 1. The minimum Gasteiger partial charge on any atom is -0.258 e. The molecule has 17 heavy (non-hydrogen) atoms. The van der Waals surface area contributed by atoms with Crippen LogP contribution in [0.2, 0.25) is 0 Å². The van der Waals surface area contributed by atoms with Crippen molar-refractivity contribution in [2.75, 3.05) is 0 Å². The highest BCUT2D eigenvalue weighted by atomic mass is 19.1. The Balaban J connectivity index is 2.43. The molecule has 5 heteroatoms. The number of halogens is 2. The molecule has 0 amide bonds. The lowest BCUT2D eigenvalue weighted by atomic mass is 10.0. The van der Waals surface area contributed by atoms with Crippen LogP contribution in [0, 0.1) is 21.7 Å². The molecule has 2 rings (SSSR count). The summed E-state index contributed by atoms with van der Waals surface area (Å²) in [5, 5.41) is 10.4. The minimum atomic E-state index is -0.696.